The molecule has 2 N–H and O–H groups in total. The topological polar surface area (TPSA) is 53.7 Å². The first-order valence-corrected chi connectivity index (χ1v) is 9.06. The standard InChI is InChI=1S/C19H28BNO3/c1-18(2)13-10-15(18)19(3)16(11-13)23-20(24-19)17(21)9-12-5-7-14(22-4)8-6-12/h5-8,13,15-17H,9-11,21H2,1-4H3/t13-,15-,16+,17-,19-/m0/s1. The van der Waals surface area contributed by atoms with Crippen LogP contribution in [0, 0.1) is 17.3 Å². The molecule has 1 aliphatic heterocycles. The van der Waals surface area contributed by atoms with E-state index in [1.165, 1.54) is 12.0 Å². The van der Waals surface area contributed by atoms with Crippen molar-refractivity contribution in [3.63, 3.8) is 0 Å². The average Bonchev–Trinajstić information content (AvgIpc) is 2.92. The van der Waals surface area contributed by atoms with E-state index >= 15 is 0 Å². The third kappa shape index (κ3) is 2.32. The Hall–Kier alpha value is -1.04. The van der Waals surface area contributed by atoms with Gasteiger partial charge in [-0.15, -0.1) is 0 Å². The molecular formula is C19H28BNO3. The molecule has 3 aliphatic carbocycles. The lowest BCUT2D eigenvalue weighted by Gasteiger charge is -2.64. The second kappa shape index (κ2) is 5.48. The highest BCUT2D eigenvalue weighted by Crippen LogP contribution is 2.65. The molecule has 0 unspecified atom stereocenters. The highest BCUT2D eigenvalue weighted by atomic mass is 16.7. The SMILES string of the molecule is COc1ccc(C[C@H](N)B2O[C@@H]3C[C@@H]4C[C@@H](C4(C)C)[C@]3(C)O2)cc1. The van der Waals surface area contributed by atoms with E-state index in [1.807, 2.05) is 12.1 Å². The van der Waals surface area contributed by atoms with Crippen LogP contribution in [0.25, 0.3) is 0 Å². The predicted octanol–water partition coefficient (Wildman–Crippen LogP) is 2.83. The molecule has 130 valence electrons. The molecule has 4 fully saturated rings. The summed E-state index contributed by atoms with van der Waals surface area (Å²) in [6.07, 6.45) is 3.31. The number of ether oxygens (including phenoxy) is 1. The van der Waals surface area contributed by atoms with Crippen LogP contribution in [0.4, 0.5) is 0 Å². The van der Waals surface area contributed by atoms with Gasteiger partial charge >= 0.3 is 7.12 Å². The van der Waals surface area contributed by atoms with Gasteiger partial charge in [0.15, 0.2) is 0 Å². The second-order valence-electron chi connectivity index (χ2n) is 8.55. The van der Waals surface area contributed by atoms with Crippen LogP contribution < -0.4 is 10.5 Å². The summed E-state index contributed by atoms with van der Waals surface area (Å²) in [5.41, 5.74) is 7.81. The maximum Gasteiger partial charge on any atom is 0.475 e. The molecular weight excluding hydrogens is 301 g/mol. The quantitative estimate of drug-likeness (QED) is 0.863. The zero-order valence-electron chi connectivity index (χ0n) is 15.1. The van der Waals surface area contributed by atoms with E-state index in [0.29, 0.717) is 11.3 Å². The first-order chi connectivity index (χ1) is 11.3. The van der Waals surface area contributed by atoms with E-state index in [1.54, 1.807) is 7.11 Å². The number of rotatable bonds is 4. The third-order valence-electron chi connectivity index (χ3n) is 6.95. The Balaban J connectivity index is 1.44. The maximum absolute atomic E-state index is 6.45. The first-order valence-electron chi connectivity index (χ1n) is 9.06. The Labute approximate surface area is 145 Å². The van der Waals surface area contributed by atoms with E-state index in [0.717, 1.165) is 24.5 Å². The van der Waals surface area contributed by atoms with Gasteiger partial charge in [-0.05, 0) is 61.1 Å². The van der Waals surface area contributed by atoms with Crippen molar-refractivity contribution in [3.8, 4) is 5.75 Å². The lowest BCUT2D eigenvalue weighted by molar-refractivity contribution is -0.199. The van der Waals surface area contributed by atoms with Gasteiger partial charge in [0.05, 0.1) is 18.8 Å². The molecule has 1 aromatic rings. The van der Waals surface area contributed by atoms with Gasteiger partial charge in [-0.1, -0.05) is 26.0 Å². The summed E-state index contributed by atoms with van der Waals surface area (Å²) in [4.78, 5) is 0. The molecule has 0 spiro atoms. The lowest BCUT2D eigenvalue weighted by atomic mass is 9.43. The van der Waals surface area contributed by atoms with Crippen LogP contribution in [0.2, 0.25) is 0 Å². The van der Waals surface area contributed by atoms with Crippen LogP contribution >= 0.6 is 0 Å². The number of hydrogen-bond donors (Lipinski definition) is 1. The molecule has 0 amide bonds. The van der Waals surface area contributed by atoms with Crippen molar-refractivity contribution in [3.05, 3.63) is 29.8 Å². The molecule has 4 nitrogen and oxygen atoms in total. The smallest absolute Gasteiger partial charge is 0.475 e. The molecule has 1 heterocycles. The molecule has 24 heavy (non-hydrogen) atoms. The molecule has 5 rings (SSSR count). The van der Waals surface area contributed by atoms with Gasteiger partial charge in [-0.2, -0.15) is 0 Å². The Morgan fingerprint density at radius 2 is 1.96 bits per heavy atom. The van der Waals surface area contributed by atoms with Crippen LogP contribution in [0.3, 0.4) is 0 Å². The van der Waals surface area contributed by atoms with Crippen LogP contribution in [0.15, 0.2) is 24.3 Å². The van der Waals surface area contributed by atoms with Gasteiger partial charge in [-0.3, -0.25) is 0 Å². The van der Waals surface area contributed by atoms with Gasteiger partial charge in [0.1, 0.15) is 5.75 Å². The zero-order chi connectivity index (χ0) is 17.1. The van der Waals surface area contributed by atoms with Gasteiger partial charge in [0, 0.05) is 5.94 Å². The van der Waals surface area contributed by atoms with Crippen molar-refractivity contribution in [2.24, 2.45) is 23.0 Å². The summed E-state index contributed by atoms with van der Waals surface area (Å²) in [5.74, 6) is 2.05. The van der Waals surface area contributed by atoms with E-state index in [-0.39, 0.29) is 24.8 Å². The highest BCUT2D eigenvalue weighted by molar-refractivity contribution is 6.47. The van der Waals surface area contributed by atoms with Gasteiger partial charge in [0.25, 0.3) is 0 Å². The van der Waals surface area contributed by atoms with E-state index in [9.17, 15) is 0 Å². The average molecular weight is 329 g/mol. The first kappa shape index (κ1) is 16.4. The van der Waals surface area contributed by atoms with Crippen LogP contribution in [-0.4, -0.2) is 31.9 Å². The largest absolute Gasteiger partial charge is 0.497 e. The minimum Gasteiger partial charge on any atom is -0.497 e. The Morgan fingerprint density at radius 1 is 1.25 bits per heavy atom. The van der Waals surface area contributed by atoms with E-state index in [2.05, 4.69) is 32.9 Å². The molecule has 0 radical (unpaired) electrons. The monoisotopic (exact) mass is 329 g/mol. The molecule has 2 bridgehead atoms. The molecule has 3 saturated carbocycles. The zero-order valence-corrected chi connectivity index (χ0v) is 15.1. The maximum atomic E-state index is 6.45. The second-order valence-corrected chi connectivity index (χ2v) is 8.55. The van der Waals surface area contributed by atoms with E-state index in [4.69, 9.17) is 19.8 Å². The molecule has 0 aromatic heterocycles. The molecule has 5 atom stereocenters. The normalized spacial score (nSPS) is 37.5. The van der Waals surface area contributed by atoms with Gasteiger partial charge in [-0.25, -0.2) is 0 Å². The molecule has 1 saturated heterocycles. The summed E-state index contributed by atoms with van der Waals surface area (Å²) in [6.45, 7) is 6.99. The van der Waals surface area contributed by atoms with Gasteiger partial charge < -0.3 is 19.8 Å². The molecule has 5 heteroatoms. The fourth-order valence-corrected chi connectivity index (χ4v) is 5.21. The molecule has 1 aromatic carbocycles. The molecule has 4 aliphatic rings. The van der Waals surface area contributed by atoms with Crippen molar-refractivity contribution in [2.45, 2.75) is 57.7 Å². The fraction of sp³-hybridized carbons (Fsp3) is 0.684. The lowest BCUT2D eigenvalue weighted by Crippen LogP contribution is -2.65. The minimum absolute atomic E-state index is 0.152. The number of methoxy groups -OCH3 is 1. The van der Waals surface area contributed by atoms with Crippen molar-refractivity contribution in [1.29, 1.82) is 0 Å². The van der Waals surface area contributed by atoms with Crippen LogP contribution in [-0.2, 0) is 15.7 Å². The summed E-state index contributed by atoms with van der Waals surface area (Å²) >= 11 is 0. The predicted molar refractivity (Wildman–Crippen MR) is 94.8 cm³/mol. The number of hydrogen-bond acceptors (Lipinski definition) is 4. The number of nitrogens with two attached hydrogens (primary N) is 1. The van der Waals surface area contributed by atoms with Crippen LogP contribution in [0.1, 0.15) is 39.2 Å². The Morgan fingerprint density at radius 3 is 2.58 bits per heavy atom. The summed E-state index contributed by atoms with van der Waals surface area (Å²) in [6, 6.07) is 8.05. The highest BCUT2D eigenvalue weighted by Gasteiger charge is 2.68. The van der Waals surface area contributed by atoms with E-state index < -0.39 is 0 Å². The van der Waals surface area contributed by atoms with Crippen molar-refractivity contribution in [1.82, 2.24) is 0 Å². The van der Waals surface area contributed by atoms with Crippen molar-refractivity contribution >= 4 is 7.12 Å². The van der Waals surface area contributed by atoms with Crippen molar-refractivity contribution in [2.75, 3.05) is 7.11 Å². The van der Waals surface area contributed by atoms with Gasteiger partial charge in [0.2, 0.25) is 0 Å². The Bertz CT molecular complexity index is 620. The number of benzene rings is 1. The van der Waals surface area contributed by atoms with Crippen LogP contribution in [0.5, 0.6) is 5.75 Å². The van der Waals surface area contributed by atoms with Crippen molar-refractivity contribution < 1.29 is 14.0 Å². The summed E-state index contributed by atoms with van der Waals surface area (Å²) in [7, 11) is 1.37. The fourth-order valence-electron chi connectivity index (χ4n) is 5.21. The summed E-state index contributed by atoms with van der Waals surface area (Å²) in [5, 5.41) is 0. The summed E-state index contributed by atoms with van der Waals surface area (Å²) < 4.78 is 17.9. The Kier molecular flexibility index (Phi) is 3.75. The third-order valence-corrected chi connectivity index (χ3v) is 6.95. The minimum atomic E-state index is -0.308.